The number of benzene rings is 2. The molecule has 1 fully saturated rings. The van der Waals surface area contributed by atoms with Gasteiger partial charge in [0.1, 0.15) is 28.6 Å². The Balaban J connectivity index is 1.59. The van der Waals surface area contributed by atoms with E-state index in [0.717, 1.165) is 10.9 Å². The van der Waals surface area contributed by atoms with Crippen LogP contribution in [0.25, 0.3) is 33.4 Å². The van der Waals surface area contributed by atoms with Crippen molar-refractivity contribution < 1.29 is 14.3 Å². The first-order chi connectivity index (χ1) is 15.2. The van der Waals surface area contributed by atoms with Crippen molar-refractivity contribution >= 4 is 22.6 Å². The zero-order chi connectivity index (χ0) is 22.6. The molecule has 1 saturated carbocycles. The summed E-state index contributed by atoms with van der Waals surface area (Å²) in [5.41, 5.74) is 19.5. The van der Waals surface area contributed by atoms with Crippen molar-refractivity contribution in [1.82, 2.24) is 14.8 Å². The molecule has 0 spiro atoms. The number of halogens is 1. The summed E-state index contributed by atoms with van der Waals surface area (Å²) in [5.74, 6) is -0.871. The summed E-state index contributed by atoms with van der Waals surface area (Å²) in [6, 6.07) is 15.2. The van der Waals surface area contributed by atoms with Gasteiger partial charge in [0.05, 0.1) is 17.3 Å². The number of carbonyl (C=O) groups excluding carboxylic acids is 1. The molecule has 1 aliphatic carbocycles. The molecule has 2 aromatic carbocycles. The Labute approximate surface area is 182 Å². The molecule has 0 bridgehead atoms. The van der Waals surface area contributed by atoms with Gasteiger partial charge in [-0.15, -0.1) is 0 Å². The first-order valence-corrected chi connectivity index (χ1v) is 10.1. The smallest absolute Gasteiger partial charge is 0.254 e. The molecule has 5 rings (SSSR count). The molecule has 0 unspecified atom stereocenters. The van der Waals surface area contributed by atoms with Gasteiger partial charge in [-0.25, -0.2) is 14.1 Å². The Morgan fingerprint density at radius 3 is 2.41 bits per heavy atom. The molecule has 1 aliphatic rings. The summed E-state index contributed by atoms with van der Waals surface area (Å²) >= 11 is 0. The largest absolute Gasteiger partial charge is 0.383 e. The Morgan fingerprint density at radius 1 is 1.09 bits per heavy atom. The maximum Gasteiger partial charge on any atom is 0.254 e. The number of hydrogen-bond donors (Lipinski definition) is 4. The number of nitrogens with zero attached hydrogens (tertiary/aromatic N) is 3. The molecule has 7 N–H and O–H groups in total. The van der Waals surface area contributed by atoms with Crippen LogP contribution in [-0.2, 0) is 0 Å². The number of hydrogen-bond acceptors (Lipinski definition) is 6. The van der Waals surface area contributed by atoms with Gasteiger partial charge in [0, 0.05) is 29.4 Å². The van der Waals surface area contributed by atoms with Crippen LogP contribution in [0, 0.1) is 5.82 Å². The maximum absolute atomic E-state index is 13.3. The van der Waals surface area contributed by atoms with Crippen LogP contribution < -0.4 is 17.2 Å². The Morgan fingerprint density at radius 2 is 1.75 bits per heavy atom. The van der Waals surface area contributed by atoms with E-state index in [1.807, 2.05) is 24.3 Å². The number of nitrogen functional groups attached to an aromatic ring is 1. The molecule has 2 heterocycles. The lowest BCUT2D eigenvalue weighted by molar-refractivity contribution is -0.0643. The SMILES string of the molecule is NC(=O)c1c(-c2ccc3ccc(-c4ccc(F)cc4)nc3c2)nn([C@H]2C[C@@](N)(O)C2)c1N. The quantitative estimate of drug-likeness (QED) is 0.365. The van der Waals surface area contributed by atoms with Crippen molar-refractivity contribution in [2.24, 2.45) is 11.5 Å². The van der Waals surface area contributed by atoms with E-state index in [1.165, 1.54) is 16.8 Å². The van der Waals surface area contributed by atoms with E-state index in [2.05, 4.69) is 5.10 Å². The minimum absolute atomic E-state index is 0.117. The summed E-state index contributed by atoms with van der Waals surface area (Å²) in [5, 5.41) is 15.3. The fraction of sp³-hybridized carbons (Fsp3) is 0.174. The number of rotatable bonds is 4. The van der Waals surface area contributed by atoms with Gasteiger partial charge in [-0.05, 0) is 36.4 Å². The molecule has 0 atom stereocenters. The van der Waals surface area contributed by atoms with Crippen LogP contribution in [0.5, 0.6) is 0 Å². The van der Waals surface area contributed by atoms with E-state index in [1.54, 1.807) is 18.2 Å². The number of carbonyl (C=O) groups is 1. The average molecular weight is 432 g/mol. The molecule has 162 valence electrons. The fourth-order valence-electron chi connectivity index (χ4n) is 4.15. The number of aromatic nitrogens is 3. The minimum atomic E-state index is -1.26. The third kappa shape index (κ3) is 3.37. The number of nitrogens with two attached hydrogens (primary N) is 3. The van der Waals surface area contributed by atoms with Crippen LogP contribution in [0.15, 0.2) is 54.6 Å². The van der Waals surface area contributed by atoms with E-state index >= 15 is 0 Å². The van der Waals surface area contributed by atoms with Crippen molar-refractivity contribution in [2.45, 2.75) is 24.6 Å². The molecule has 2 aromatic heterocycles. The summed E-state index contributed by atoms with van der Waals surface area (Å²) < 4.78 is 14.8. The number of primary amides is 1. The van der Waals surface area contributed by atoms with Crippen LogP contribution in [0.1, 0.15) is 29.2 Å². The molecule has 0 saturated heterocycles. The van der Waals surface area contributed by atoms with Gasteiger partial charge in [-0.2, -0.15) is 5.10 Å². The summed E-state index contributed by atoms with van der Waals surface area (Å²) in [6.45, 7) is 0. The third-order valence-corrected chi connectivity index (χ3v) is 5.82. The zero-order valence-electron chi connectivity index (χ0n) is 17.0. The van der Waals surface area contributed by atoms with Gasteiger partial charge in [-0.1, -0.05) is 18.2 Å². The Kier molecular flexibility index (Phi) is 4.47. The highest BCUT2D eigenvalue weighted by molar-refractivity contribution is 6.04. The molecule has 8 nitrogen and oxygen atoms in total. The first kappa shape index (κ1) is 20.1. The number of anilines is 1. The van der Waals surface area contributed by atoms with E-state index in [9.17, 15) is 14.3 Å². The van der Waals surface area contributed by atoms with E-state index in [-0.39, 0.29) is 36.1 Å². The van der Waals surface area contributed by atoms with Gasteiger partial charge in [0.2, 0.25) is 0 Å². The lowest BCUT2D eigenvalue weighted by Crippen LogP contribution is -2.52. The van der Waals surface area contributed by atoms with Crippen molar-refractivity contribution in [3.05, 3.63) is 66.0 Å². The monoisotopic (exact) mass is 432 g/mol. The summed E-state index contributed by atoms with van der Waals surface area (Å²) in [7, 11) is 0. The molecule has 9 heteroatoms. The van der Waals surface area contributed by atoms with Gasteiger partial charge < -0.3 is 22.3 Å². The van der Waals surface area contributed by atoms with Gasteiger partial charge >= 0.3 is 0 Å². The van der Waals surface area contributed by atoms with Gasteiger partial charge in [0.25, 0.3) is 5.91 Å². The molecule has 4 aromatic rings. The third-order valence-electron chi connectivity index (χ3n) is 5.82. The van der Waals surface area contributed by atoms with Crippen LogP contribution in [0.3, 0.4) is 0 Å². The lowest BCUT2D eigenvalue weighted by atomic mass is 9.83. The van der Waals surface area contributed by atoms with Crippen LogP contribution in [0.2, 0.25) is 0 Å². The minimum Gasteiger partial charge on any atom is -0.383 e. The standard InChI is InChI=1S/C23H21FN6O2/c24-15-6-3-12(4-7-15)17-8-5-13-1-2-14(9-18(13)28-17)20-19(22(26)31)21(25)30(29-20)16-10-23(27,32)11-16/h1-9,16,32H,10-11,25,27H2,(H2,26,31)/t16-,23+. The van der Waals surface area contributed by atoms with Crippen LogP contribution in [-0.4, -0.2) is 31.5 Å². The van der Waals surface area contributed by atoms with Crippen molar-refractivity contribution in [2.75, 3.05) is 5.73 Å². The average Bonchev–Trinajstić information content (AvgIpc) is 3.08. The van der Waals surface area contributed by atoms with Crippen LogP contribution >= 0.6 is 0 Å². The predicted octanol–water partition coefficient (Wildman–Crippen LogP) is 2.57. The molecule has 1 amide bonds. The van der Waals surface area contributed by atoms with E-state index < -0.39 is 11.6 Å². The van der Waals surface area contributed by atoms with Crippen LogP contribution in [0.4, 0.5) is 10.2 Å². The molecule has 0 radical (unpaired) electrons. The second-order valence-corrected chi connectivity index (χ2v) is 8.19. The number of fused-ring (bicyclic) bond motifs is 1. The van der Waals surface area contributed by atoms with Crippen molar-refractivity contribution in [3.63, 3.8) is 0 Å². The highest BCUT2D eigenvalue weighted by Crippen LogP contribution is 2.41. The summed E-state index contributed by atoms with van der Waals surface area (Å²) in [6.07, 6.45) is 0.549. The van der Waals surface area contributed by atoms with Crippen molar-refractivity contribution in [1.29, 1.82) is 0 Å². The second-order valence-electron chi connectivity index (χ2n) is 8.19. The highest BCUT2D eigenvalue weighted by atomic mass is 19.1. The van der Waals surface area contributed by atoms with Gasteiger partial charge in [0.15, 0.2) is 0 Å². The second kappa shape index (κ2) is 7.11. The predicted molar refractivity (Wildman–Crippen MR) is 119 cm³/mol. The molecule has 0 aliphatic heterocycles. The Hall–Kier alpha value is -3.82. The number of pyridine rings is 1. The topological polar surface area (TPSA) is 146 Å². The molecule has 32 heavy (non-hydrogen) atoms. The fourth-order valence-corrected chi connectivity index (χ4v) is 4.15. The van der Waals surface area contributed by atoms with E-state index in [0.29, 0.717) is 22.5 Å². The van der Waals surface area contributed by atoms with E-state index in [4.69, 9.17) is 22.2 Å². The number of aliphatic hydroxyl groups is 1. The zero-order valence-corrected chi connectivity index (χ0v) is 17.0. The summed E-state index contributed by atoms with van der Waals surface area (Å²) in [4.78, 5) is 16.9. The first-order valence-electron chi connectivity index (χ1n) is 10.1. The molecular formula is C23H21FN6O2. The van der Waals surface area contributed by atoms with Crippen molar-refractivity contribution in [3.8, 4) is 22.5 Å². The Bertz CT molecular complexity index is 1360. The number of amides is 1. The molecular weight excluding hydrogens is 411 g/mol. The normalized spacial score (nSPS) is 20.3. The lowest BCUT2D eigenvalue weighted by Gasteiger charge is -2.40. The maximum atomic E-state index is 13.3. The highest BCUT2D eigenvalue weighted by Gasteiger charge is 2.42. The van der Waals surface area contributed by atoms with Gasteiger partial charge in [-0.3, -0.25) is 4.79 Å².